The van der Waals surface area contributed by atoms with E-state index in [4.69, 9.17) is 0 Å². The van der Waals surface area contributed by atoms with Crippen LogP contribution in [0.3, 0.4) is 0 Å². The van der Waals surface area contributed by atoms with Crippen molar-refractivity contribution < 1.29 is 9.59 Å². The fraction of sp³-hybridized carbons (Fsp3) is 0.467. The zero-order valence-corrected chi connectivity index (χ0v) is 13.3. The number of thiazole rings is 1. The summed E-state index contributed by atoms with van der Waals surface area (Å²) < 4.78 is 0. The second-order valence-corrected chi connectivity index (χ2v) is 6.61. The normalized spacial score (nSPS) is 25.2. The Bertz CT molecular complexity index is 666. The van der Waals surface area contributed by atoms with Gasteiger partial charge in [-0.05, 0) is 25.8 Å². The number of carbonyl (C=O) groups excluding carboxylic acids is 2. The molecule has 1 aromatic heterocycles. The van der Waals surface area contributed by atoms with Crippen LogP contribution in [0.25, 0.3) is 6.08 Å². The van der Waals surface area contributed by atoms with E-state index in [2.05, 4.69) is 26.8 Å². The van der Waals surface area contributed by atoms with Crippen LogP contribution in [0.4, 0.5) is 10.9 Å². The van der Waals surface area contributed by atoms with E-state index < -0.39 is 5.41 Å². The second-order valence-electron chi connectivity index (χ2n) is 5.60. The Hall–Kier alpha value is -2.02. The Morgan fingerprint density at radius 2 is 2.27 bits per heavy atom. The zero-order valence-electron chi connectivity index (χ0n) is 12.5. The molecule has 0 saturated carbocycles. The van der Waals surface area contributed by atoms with Gasteiger partial charge >= 0.3 is 0 Å². The third kappa shape index (κ3) is 2.45. The molecule has 0 radical (unpaired) electrons. The van der Waals surface area contributed by atoms with Crippen molar-refractivity contribution in [3.63, 3.8) is 0 Å². The first-order valence-electron chi connectivity index (χ1n) is 7.29. The summed E-state index contributed by atoms with van der Waals surface area (Å²) in [4.78, 5) is 35.4. The molecule has 1 unspecified atom stereocenters. The van der Waals surface area contributed by atoms with Crippen molar-refractivity contribution in [2.75, 3.05) is 18.0 Å². The van der Waals surface area contributed by atoms with Crippen molar-refractivity contribution in [1.82, 2.24) is 10.3 Å². The smallest absolute Gasteiger partial charge is 0.234 e. The topological polar surface area (TPSA) is 74.7 Å². The summed E-state index contributed by atoms with van der Waals surface area (Å²) in [5, 5.41) is 3.33. The molecule has 1 aromatic rings. The molecule has 1 atom stereocenters. The predicted octanol–water partition coefficient (Wildman–Crippen LogP) is 2.14. The van der Waals surface area contributed by atoms with Gasteiger partial charge in [-0.3, -0.25) is 14.9 Å². The van der Waals surface area contributed by atoms with Gasteiger partial charge in [0, 0.05) is 25.7 Å². The Labute approximate surface area is 132 Å². The fourth-order valence-corrected chi connectivity index (χ4v) is 3.90. The summed E-state index contributed by atoms with van der Waals surface area (Å²) in [6.07, 6.45) is 5.24. The van der Waals surface area contributed by atoms with E-state index >= 15 is 0 Å². The first kappa shape index (κ1) is 14.9. The number of nitrogens with zero attached hydrogens (tertiary/aromatic N) is 3. The summed E-state index contributed by atoms with van der Waals surface area (Å²) >= 11 is 1.53. The molecule has 1 spiro atoms. The number of amides is 2. The number of rotatable bonds is 3. The Kier molecular flexibility index (Phi) is 3.82. The molecule has 22 heavy (non-hydrogen) atoms. The van der Waals surface area contributed by atoms with Crippen LogP contribution in [0, 0.1) is 5.41 Å². The van der Waals surface area contributed by atoms with Crippen LogP contribution >= 0.6 is 11.3 Å². The summed E-state index contributed by atoms with van der Waals surface area (Å²) in [5.41, 5.74) is -0.456. The standard InChI is InChI=1S/C15H18N4O2S/c1-3-10-12(16-4-2)18-14(22-10)19-8-7-15(9-19)6-5-11(20)17-13(15)21/h3-4H,1,5-9H2,2H3,(H,17,20,21)/b16-4-. The minimum absolute atomic E-state index is 0.140. The molecular formula is C15H18N4O2S. The van der Waals surface area contributed by atoms with Crippen LogP contribution in [0.2, 0.25) is 0 Å². The molecule has 3 rings (SSSR count). The molecular weight excluding hydrogens is 300 g/mol. The number of carbonyl (C=O) groups is 2. The highest BCUT2D eigenvalue weighted by Crippen LogP contribution is 2.42. The van der Waals surface area contributed by atoms with Crippen molar-refractivity contribution in [2.45, 2.75) is 26.2 Å². The van der Waals surface area contributed by atoms with Crippen molar-refractivity contribution in [1.29, 1.82) is 0 Å². The quantitative estimate of drug-likeness (QED) is 0.684. The molecule has 0 aromatic carbocycles. The molecule has 116 valence electrons. The SMILES string of the molecule is C=Cc1sc(N2CCC3(CCC(=O)NC3=O)C2)nc1/N=C\C. The fourth-order valence-electron chi connectivity index (χ4n) is 3.01. The third-order valence-electron chi connectivity index (χ3n) is 4.25. The molecule has 0 aliphatic carbocycles. The summed E-state index contributed by atoms with van der Waals surface area (Å²) in [5.74, 6) is 0.358. The van der Waals surface area contributed by atoms with E-state index in [0.717, 1.165) is 23.0 Å². The highest BCUT2D eigenvalue weighted by molar-refractivity contribution is 7.17. The lowest BCUT2D eigenvalue weighted by molar-refractivity contribution is -0.140. The Balaban J connectivity index is 1.82. The average molecular weight is 318 g/mol. The van der Waals surface area contributed by atoms with Gasteiger partial charge in [0.1, 0.15) is 0 Å². The third-order valence-corrected chi connectivity index (χ3v) is 5.35. The van der Waals surface area contributed by atoms with Gasteiger partial charge in [0.2, 0.25) is 11.8 Å². The average Bonchev–Trinajstić information content (AvgIpc) is 3.09. The highest BCUT2D eigenvalue weighted by atomic mass is 32.1. The predicted molar refractivity (Wildman–Crippen MR) is 87.7 cm³/mol. The van der Waals surface area contributed by atoms with Crippen LogP contribution in [0.15, 0.2) is 11.6 Å². The lowest BCUT2D eigenvalue weighted by Crippen LogP contribution is -2.50. The van der Waals surface area contributed by atoms with Gasteiger partial charge in [-0.25, -0.2) is 4.99 Å². The highest BCUT2D eigenvalue weighted by Gasteiger charge is 2.48. The van der Waals surface area contributed by atoms with E-state index in [9.17, 15) is 9.59 Å². The van der Waals surface area contributed by atoms with Crippen LogP contribution in [-0.2, 0) is 9.59 Å². The number of anilines is 1. The van der Waals surface area contributed by atoms with Crippen LogP contribution in [0.5, 0.6) is 0 Å². The zero-order chi connectivity index (χ0) is 15.7. The second kappa shape index (κ2) is 5.64. The van der Waals surface area contributed by atoms with Crippen molar-refractivity contribution in [2.24, 2.45) is 10.4 Å². The van der Waals surface area contributed by atoms with E-state index in [1.807, 2.05) is 6.92 Å². The molecule has 0 bridgehead atoms. The molecule has 1 N–H and O–H groups in total. The van der Waals surface area contributed by atoms with Gasteiger partial charge in [-0.1, -0.05) is 17.9 Å². The molecule has 6 nitrogen and oxygen atoms in total. The lowest BCUT2D eigenvalue weighted by Gasteiger charge is -2.31. The number of imide groups is 1. The van der Waals surface area contributed by atoms with Gasteiger partial charge in [0.15, 0.2) is 10.9 Å². The first-order valence-corrected chi connectivity index (χ1v) is 8.11. The largest absolute Gasteiger partial charge is 0.347 e. The molecule has 2 saturated heterocycles. The van der Waals surface area contributed by atoms with Crippen LogP contribution in [0.1, 0.15) is 31.1 Å². The Morgan fingerprint density at radius 3 is 2.95 bits per heavy atom. The summed E-state index contributed by atoms with van der Waals surface area (Å²) in [6.45, 7) is 7.01. The maximum atomic E-state index is 12.2. The van der Waals surface area contributed by atoms with E-state index in [1.54, 1.807) is 12.3 Å². The van der Waals surface area contributed by atoms with Crippen molar-refractivity contribution >= 4 is 46.4 Å². The van der Waals surface area contributed by atoms with Crippen molar-refractivity contribution in [3.8, 4) is 0 Å². The number of hydrogen-bond acceptors (Lipinski definition) is 6. The molecule has 2 aliphatic heterocycles. The summed E-state index contributed by atoms with van der Waals surface area (Å²) in [6, 6.07) is 0. The molecule has 3 heterocycles. The minimum Gasteiger partial charge on any atom is -0.347 e. The van der Waals surface area contributed by atoms with Gasteiger partial charge < -0.3 is 4.90 Å². The number of hydrogen-bond donors (Lipinski definition) is 1. The van der Waals surface area contributed by atoms with Gasteiger partial charge in [-0.2, -0.15) is 4.98 Å². The monoisotopic (exact) mass is 318 g/mol. The Morgan fingerprint density at radius 1 is 1.45 bits per heavy atom. The molecule has 2 aliphatic rings. The van der Waals surface area contributed by atoms with Gasteiger partial charge in [-0.15, -0.1) is 0 Å². The van der Waals surface area contributed by atoms with Crippen molar-refractivity contribution in [3.05, 3.63) is 11.5 Å². The molecule has 2 amide bonds. The molecule has 7 heteroatoms. The first-order chi connectivity index (χ1) is 10.6. The number of nitrogens with one attached hydrogen (secondary N) is 1. The van der Waals surface area contributed by atoms with Crippen LogP contribution in [-0.4, -0.2) is 36.1 Å². The van der Waals surface area contributed by atoms with Gasteiger partial charge in [0.05, 0.1) is 10.3 Å². The van der Waals surface area contributed by atoms with Crippen LogP contribution < -0.4 is 10.2 Å². The van der Waals surface area contributed by atoms with E-state index in [0.29, 0.717) is 25.2 Å². The molecule has 2 fully saturated rings. The van der Waals surface area contributed by atoms with Gasteiger partial charge in [0.25, 0.3) is 0 Å². The number of aliphatic imine (C=N–C) groups is 1. The maximum Gasteiger partial charge on any atom is 0.234 e. The maximum absolute atomic E-state index is 12.2. The van der Waals surface area contributed by atoms with E-state index in [-0.39, 0.29) is 11.8 Å². The number of piperidine rings is 1. The lowest BCUT2D eigenvalue weighted by atomic mass is 9.79. The number of aromatic nitrogens is 1. The summed E-state index contributed by atoms with van der Waals surface area (Å²) in [7, 11) is 0. The van der Waals surface area contributed by atoms with E-state index in [1.165, 1.54) is 11.3 Å². The minimum atomic E-state index is -0.456.